The minimum Gasteiger partial charge on any atom is -0.356 e. The molecule has 25 heavy (non-hydrogen) atoms. The third-order valence-corrected chi connectivity index (χ3v) is 9.17. The highest BCUT2D eigenvalue weighted by atomic mass is 32.2. The molecule has 0 aromatic heterocycles. The Balaban J connectivity index is 1.83. The van der Waals surface area contributed by atoms with Crippen LogP contribution in [-0.2, 0) is 14.3 Å². The summed E-state index contributed by atoms with van der Waals surface area (Å²) < 4.78 is 11.9. The first-order chi connectivity index (χ1) is 11.5. The van der Waals surface area contributed by atoms with Crippen molar-refractivity contribution in [2.45, 2.75) is 73.1 Å². The molecule has 0 radical (unpaired) electrons. The lowest BCUT2D eigenvalue weighted by Gasteiger charge is -2.52. The minimum atomic E-state index is -1.82. The van der Waals surface area contributed by atoms with Crippen molar-refractivity contribution < 1.29 is 9.00 Å². The molecule has 2 aliphatic rings. The zero-order chi connectivity index (χ0) is 18.9. The molecule has 0 unspecified atom stereocenters. The van der Waals surface area contributed by atoms with Crippen LogP contribution < -0.4 is 5.32 Å². The highest BCUT2D eigenvalue weighted by Gasteiger charge is 2.47. The van der Waals surface area contributed by atoms with Gasteiger partial charge in [0.2, 0.25) is 5.91 Å². The van der Waals surface area contributed by atoms with E-state index in [2.05, 4.69) is 45.8 Å². The van der Waals surface area contributed by atoms with Crippen molar-refractivity contribution in [2.24, 2.45) is 28.6 Å². The Labute approximate surface area is 155 Å². The first-order valence-electron chi connectivity index (χ1n) is 10.1. The predicted molar refractivity (Wildman–Crippen MR) is 109 cm³/mol. The van der Waals surface area contributed by atoms with E-state index in [4.69, 9.17) is 0 Å². The van der Waals surface area contributed by atoms with Crippen LogP contribution in [0.15, 0.2) is 0 Å². The van der Waals surface area contributed by atoms with E-state index >= 15 is 0 Å². The van der Waals surface area contributed by atoms with Crippen LogP contribution in [-0.4, -0.2) is 34.0 Å². The fraction of sp³-hybridized carbons (Fsp3) is 0.905. The average Bonchev–Trinajstić information content (AvgIpc) is 2.52. The minimum absolute atomic E-state index is 0.176. The van der Waals surface area contributed by atoms with E-state index in [0.29, 0.717) is 17.3 Å². The fourth-order valence-electron chi connectivity index (χ4n) is 5.19. The Morgan fingerprint density at radius 3 is 2.12 bits per heavy atom. The van der Waals surface area contributed by atoms with Crippen LogP contribution >= 0.6 is 0 Å². The molecule has 1 aliphatic carbocycles. The summed E-state index contributed by atoms with van der Waals surface area (Å²) in [6.07, 6.45) is 6.21. The Hall–Kier alpha value is -0.510. The van der Waals surface area contributed by atoms with Crippen LogP contribution in [0.5, 0.6) is 0 Å². The standard InChI is InChI=1S/C21H39NO2S/c1-16(2)21(20(3,4)5)11-7-18(8-12-21)19(23)22-15-17-9-13-25(6,24)14-10-17/h16-18H,6-15H2,1-5H3,(H,22,23). The van der Waals surface area contributed by atoms with Gasteiger partial charge in [0.05, 0.1) is 0 Å². The van der Waals surface area contributed by atoms with E-state index in [1.165, 1.54) is 0 Å². The van der Waals surface area contributed by atoms with E-state index < -0.39 is 9.52 Å². The van der Waals surface area contributed by atoms with Gasteiger partial charge in [-0.05, 0) is 76.6 Å². The zero-order valence-corrected chi connectivity index (χ0v) is 17.8. The number of rotatable bonds is 4. The first-order valence-corrected chi connectivity index (χ1v) is 12.1. The van der Waals surface area contributed by atoms with Gasteiger partial charge in [0.15, 0.2) is 0 Å². The quantitative estimate of drug-likeness (QED) is 0.758. The molecule has 2 rings (SSSR count). The monoisotopic (exact) mass is 369 g/mol. The summed E-state index contributed by atoms with van der Waals surface area (Å²) in [7, 11) is -1.82. The largest absolute Gasteiger partial charge is 0.356 e. The highest BCUT2D eigenvalue weighted by Crippen LogP contribution is 2.55. The van der Waals surface area contributed by atoms with Gasteiger partial charge in [-0.25, -0.2) is 0 Å². The molecule has 1 saturated carbocycles. The van der Waals surface area contributed by atoms with Gasteiger partial charge in [-0.3, -0.25) is 9.00 Å². The van der Waals surface area contributed by atoms with E-state index in [9.17, 15) is 9.00 Å². The Morgan fingerprint density at radius 2 is 1.68 bits per heavy atom. The molecular formula is C21H39NO2S. The van der Waals surface area contributed by atoms with Crippen LogP contribution in [0.2, 0.25) is 0 Å². The fourth-order valence-corrected chi connectivity index (χ4v) is 6.92. The van der Waals surface area contributed by atoms with Crippen LogP contribution in [0.25, 0.3) is 0 Å². The van der Waals surface area contributed by atoms with Gasteiger partial charge in [0.25, 0.3) is 0 Å². The number of hydrogen-bond donors (Lipinski definition) is 1. The summed E-state index contributed by atoms with van der Waals surface area (Å²) in [6.45, 7) is 12.5. The molecule has 4 heteroatoms. The second-order valence-electron chi connectivity index (χ2n) is 9.90. The van der Waals surface area contributed by atoms with Crippen LogP contribution in [0.4, 0.5) is 0 Å². The predicted octanol–water partition coefficient (Wildman–Crippen LogP) is 4.11. The molecule has 0 bridgehead atoms. The number of hydrogen-bond acceptors (Lipinski definition) is 2. The summed E-state index contributed by atoms with van der Waals surface area (Å²) >= 11 is 0. The van der Waals surface area contributed by atoms with Crippen LogP contribution in [0, 0.1) is 28.6 Å². The van der Waals surface area contributed by atoms with Crippen molar-refractivity contribution >= 4 is 21.3 Å². The maximum absolute atomic E-state index is 12.6. The molecule has 0 aromatic carbocycles. The topological polar surface area (TPSA) is 46.2 Å². The lowest BCUT2D eigenvalue weighted by molar-refractivity contribution is -0.128. The second kappa shape index (κ2) is 7.62. The summed E-state index contributed by atoms with van der Waals surface area (Å²) in [5.41, 5.74) is 0.633. The maximum atomic E-state index is 12.6. The molecule has 1 saturated heterocycles. The van der Waals surface area contributed by atoms with Crippen molar-refractivity contribution in [3.05, 3.63) is 0 Å². The van der Waals surface area contributed by atoms with E-state index in [-0.39, 0.29) is 17.2 Å². The third-order valence-electron chi connectivity index (χ3n) is 7.21. The van der Waals surface area contributed by atoms with Gasteiger partial charge < -0.3 is 5.32 Å². The number of carbonyl (C=O) groups excluding carboxylic acids is 1. The van der Waals surface area contributed by atoms with E-state index in [1.54, 1.807) is 0 Å². The summed E-state index contributed by atoms with van der Waals surface area (Å²) in [6, 6.07) is 0. The summed E-state index contributed by atoms with van der Waals surface area (Å²) in [5, 5.41) is 3.19. The molecule has 2 fully saturated rings. The van der Waals surface area contributed by atoms with Gasteiger partial charge in [0.1, 0.15) is 0 Å². The van der Waals surface area contributed by atoms with Gasteiger partial charge in [-0.1, -0.05) is 34.6 Å². The molecular weight excluding hydrogens is 330 g/mol. The molecule has 1 heterocycles. The van der Waals surface area contributed by atoms with Crippen LogP contribution in [0.3, 0.4) is 0 Å². The average molecular weight is 370 g/mol. The third kappa shape index (κ3) is 4.81. The zero-order valence-electron chi connectivity index (χ0n) is 17.0. The van der Waals surface area contributed by atoms with Crippen LogP contribution in [0.1, 0.15) is 73.1 Å². The number of carbonyl (C=O) groups is 1. The molecule has 1 aliphatic heterocycles. The molecule has 0 atom stereocenters. The smallest absolute Gasteiger partial charge is 0.223 e. The van der Waals surface area contributed by atoms with Gasteiger partial charge in [0, 0.05) is 24.0 Å². The molecule has 0 aromatic rings. The lowest BCUT2D eigenvalue weighted by Crippen LogP contribution is -2.46. The first kappa shape index (κ1) is 20.8. The Bertz CT molecular complexity index is 549. The Kier molecular flexibility index (Phi) is 6.34. The molecule has 146 valence electrons. The van der Waals surface area contributed by atoms with Gasteiger partial charge in [-0.2, -0.15) is 0 Å². The number of amides is 1. The van der Waals surface area contributed by atoms with Crippen molar-refractivity contribution in [3.8, 4) is 0 Å². The van der Waals surface area contributed by atoms with E-state index in [0.717, 1.165) is 56.6 Å². The molecule has 0 spiro atoms. The second-order valence-corrected chi connectivity index (χ2v) is 12.6. The summed E-state index contributed by atoms with van der Waals surface area (Å²) in [5.74, 6) is 6.81. The maximum Gasteiger partial charge on any atom is 0.223 e. The number of nitrogens with one attached hydrogen (secondary N) is 1. The van der Waals surface area contributed by atoms with E-state index in [1.807, 2.05) is 0 Å². The van der Waals surface area contributed by atoms with Crippen molar-refractivity contribution in [1.82, 2.24) is 5.32 Å². The van der Waals surface area contributed by atoms with Crippen molar-refractivity contribution in [3.63, 3.8) is 0 Å². The molecule has 1 amide bonds. The van der Waals surface area contributed by atoms with Crippen molar-refractivity contribution in [2.75, 3.05) is 18.1 Å². The van der Waals surface area contributed by atoms with Gasteiger partial charge >= 0.3 is 0 Å². The Morgan fingerprint density at radius 1 is 1.16 bits per heavy atom. The normalized spacial score (nSPS) is 37.0. The van der Waals surface area contributed by atoms with Gasteiger partial charge in [-0.15, -0.1) is 0 Å². The molecule has 1 N–H and O–H groups in total. The SMILES string of the molecule is C=S1(=O)CCC(CNC(=O)C2CCC(C(C)C)(C(C)(C)C)CC2)CC1. The molecule has 3 nitrogen and oxygen atoms in total. The summed E-state index contributed by atoms with van der Waals surface area (Å²) in [4.78, 5) is 12.6. The van der Waals surface area contributed by atoms with Crippen molar-refractivity contribution in [1.29, 1.82) is 0 Å². The highest BCUT2D eigenvalue weighted by molar-refractivity contribution is 8.00. The lowest BCUT2D eigenvalue weighted by atomic mass is 9.53.